The third-order valence-corrected chi connectivity index (χ3v) is 3.39. The van der Waals surface area contributed by atoms with E-state index < -0.39 is 29.3 Å². The number of carbonyl (C=O) groups is 2. The maximum absolute atomic E-state index is 13.4. The first-order valence-corrected chi connectivity index (χ1v) is 6.76. The second-order valence-corrected chi connectivity index (χ2v) is 5.06. The molecule has 23 heavy (non-hydrogen) atoms. The summed E-state index contributed by atoms with van der Waals surface area (Å²) in [5, 5.41) is 9.41. The SMILES string of the molecule is COC(=O)/C=C1/S/C(=N\N=Cc2cc(F)c(F)cc2F)NC1=O. The number of nitrogens with zero attached hydrogens (tertiary/aromatic N) is 2. The van der Waals surface area contributed by atoms with Gasteiger partial charge in [-0.05, 0) is 17.8 Å². The molecular weight excluding hydrogens is 335 g/mol. The molecular formula is C13H8F3N3O3S. The quantitative estimate of drug-likeness (QED) is 0.298. The van der Waals surface area contributed by atoms with Gasteiger partial charge >= 0.3 is 5.97 Å². The molecule has 2 rings (SSSR count). The maximum Gasteiger partial charge on any atom is 0.331 e. The lowest BCUT2D eigenvalue weighted by Gasteiger charge is -1.97. The number of ether oxygens (including phenoxy) is 1. The molecule has 1 N–H and O–H groups in total. The Balaban J connectivity index is 2.13. The molecule has 1 fully saturated rings. The Morgan fingerprint density at radius 1 is 1.26 bits per heavy atom. The molecule has 0 aliphatic carbocycles. The first kappa shape index (κ1) is 16.7. The van der Waals surface area contributed by atoms with Crippen LogP contribution in [0.15, 0.2) is 33.3 Å². The Morgan fingerprint density at radius 3 is 2.65 bits per heavy atom. The zero-order valence-corrected chi connectivity index (χ0v) is 12.3. The second-order valence-electron chi connectivity index (χ2n) is 4.03. The Morgan fingerprint density at radius 2 is 1.96 bits per heavy atom. The van der Waals surface area contributed by atoms with E-state index in [0.29, 0.717) is 12.1 Å². The summed E-state index contributed by atoms with van der Waals surface area (Å²) >= 11 is 0.815. The van der Waals surface area contributed by atoms with Gasteiger partial charge in [0.1, 0.15) is 5.82 Å². The largest absolute Gasteiger partial charge is 0.466 e. The van der Waals surface area contributed by atoms with E-state index in [-0.39, 0.29) is 15.6 Å². The highest BCUT2D eigenvalue weighted by atomic mass is 32.2. The molecule has 1 aliphatic rings. The minimum atomic E-state index is -1.32. The van der Waals surface area contributed by atoms with Gasteiger partial charge in [-0.2, -0.15) is 5.10 Å². The average molecular weight is 343 g/mol. The van der Waals surface area contributed by atoms with E-state index in [1.807, 2.05) is 0 Å². The van der Waals surface area contributed by atoms with E-state index in [1.165, 1.54) is 0 Å². The van der Waals surface area contributed by atoms with Crippen LogP contribution in [0.3, 0.4) is 0 Å². The van der Waals surface area contributed by atoms with Crippen molar-refractivity contribution in [3.05, 3.63) is 46.1 Å². The summed E-state index contributed by atoms with van der Waals surface area (Å²) in [6.07, 6.45) is 1.83. The van der Waals surface area contributed by atoms with Gasteiger partial charge in [0, 0.05) is 17.7 Å². The molecule has 0 unspecified atom stereocenters. The van der Waals surface area contributed by atoms with Gasteiger partial charge < -0.3 is 4.74 Å². The predicted octanol–water partition coefficient (Wildman–Crippen LogP) is 1.71. The summed E-state index contributed by atoms with van der Waals surface area (Å²) in [4.78, 5) is 22.6. The summed E-state index contributed by atoms with van der Waals surface area (Å²) < 4.78 is 43.5. The molecule has 0 aromatic heterocycles. The van der Waals surface area contributed by atoms with Gasteiger partial charge in [0.05, 0.1) is 18.2 Å². The third kappa shape index (κ3) is 4.19. The van der Waals surface area contributed by atoms with Crippen LogP contribution in [0.5, 0.6) is 0 Å². The van der Waals surface area contributed by atoms with Crippen molar-refractivity contribution in [2.75, 3.05) is 7.11 Å². The monoisotopic (exact) mass is 343 g/mol. The number of amides is 1. The van der Waals surface area contributed by atoms with Crippen LogP contribution in [0.1, 0.15) is 5.56 Å². The van der Waals surface area contributed by atoms with Crippen LogP contribution in [0.4, 0.5) is 13.2 Å². The number of hydrogen-bond donors (Lipinski definition) is 1. The van der Waals surface area contributed by atoms with Crippen molar-refractivity contribution >= 4 is 35.0 Å². The van der Waals surface area contributed by atoms with E-state index in [0.717, 1.165) is 31.2 Å². The zero-order chi connectivity index (χ0) is 17.0. The number of halogens is 3. The molecule has 1 aromatic rings. The van der Waals surface area contributed by atoms with Crippen molar-refractivity contribution in [3.63, 3.8) is 0 Å². The highest BCUT2D eigenvalue weighted by molar-refractivity contribution is 8.18. The van der Waals surface area contributed by atoms with Crippen molar-refractivity contribution in [3.8, 4) is 0 Å². The summed E-state index contributed by atoms with van der Waals surface area (Å²) in [5.41, 5.74) is -0.312. The smallest absolute Gasteiger partial charge is 0.331 e. The Labute approximate surface area is 132 Å². The van der Waals surface area contributed by atoms with Gasteiger partial charge in [-0.3, -0.25) is 10.1 Å². The topological polar surface area (TPSA) is 80.1 Å². The third-order valence-electron chi connectivity index (χ3n) is 2.49. The lowest BCUT2D eigenvalue weighted by atomic mass is 10.2. The minimum absolute atomic E-state index is 0.0318. The summed E-state index contributed by atoms with van der Waals surface area (Å²) in [6, 6.07) is 1.00. The number of methoxy groups -OCH3 is 1. The Hall–Kier alpha value is -2.62. The first-order valence-electron chi connectivity index (χ1n) is 5.95. The molecule has 1 saturated heterocycles. The molecule has 0 radical (unpaired) electrons. The molecule has 0 saturated carbocycles. The molecule has 10 heteroatoms. The zero-order valence-electron chi connectivity index (χ0n) is 11.5. The highest BCUT2D eigenvalue weighted by Crippen LogP contribution is 2.23. The van der Waals surface area contributed by atoms with E-state index in [9.17, 15) is 22.8 Å². The van der Waals surface area contributed by atoms with Crippen LogP contribution in [0, 0.1) is 17.5 Å². The fraction of sp³-hybridized carbons (Fsp3) is 0.0769. The van der Waals surface area contributed by atoms with Gasteiger partial charge in [-0.15, -0.1) is 5.10 Å². The molecule has 0 bridgehead atoms. The number of benzene rings is 1. The normalized spacial score (nSPS) is 18.0. The van der Waals surface area contributed by atoms with Gasteiger partial charge in [-0.1, -0.05) is 0 Å². The van der Waals surface area contributed by atoms with Crippen LogP contribution < -0.4 is 5.32 Å². The van der Waals surface area contributed by atoms with Crippen LogP contribution in [-0.4, -0.2) is 30.4 Å². The molecule has 120 valence electrons. The average Bonchev–Trinajstić information content (AvgIpc) is 2.84. The summed E-state index contributed by atoms with van der Waals surface area (Å²) in [5.74, 6) is -4.85. The Kier molecular flexibility index (Phi) is 5.16. The minimum Gasteiger partial charge on any atom is -0.466 e. The van der Waals surface area contributed by atoms with Crippen molar-refractivity contribution in [2.24, 2.45) is 10.2 Å². The van der Waals surface area contributed by atoms with Gasteiger partial charge in [0.15, 0.2) is 16.8 Å². The van der Waals surface area contributed by atoms with Crippen molar-refractivity contribution in [1.29, 1.82) is 0 Å². The number of carbonyl (C=O) groups excluding carboxylic acids is 2. The van der Waals surface area contributed by atoms with E-state index >= 15 is 0 Å². The molecule has 6 nitrogen and oxygen atoms in total. The van der Waals surface area contributed by atoms with E-state index in [1.54, 1.807) is 0 Å². The number of rotatable bonds is 3. The summed E-state index contributed by atoms with van der Waals surface area (Å²) in [7, 11) is 1.16. The van der Waals surface area contributed by atoms with Gasteiger partial charge in [0.25, 0.3) is 5.91 Å². The van der Waals surface area contributed by atoms with Crippen LogP contribution in [0.25, 0.3) is 0 Å². The van der Waals surface area contributed by atoms with Crippen LogP contribution in [-0.2, 0) is 14.3 Å². The Bertz CT molecular complexity index is 762. The molecule has 1 aromatic carbocycles. The van der Waals surface area contributed by atoms with Gasteiger partial charge in [0.2, 0.25) is 0 Å². The fourth-order valence-corrected chi connectivity index (χ4v) is 2.16. The molecule has 0 atom stereocenters. The fourth-order valence-electron chi connectivity index (χ4n) is 1.42. The molecule has 1 aliphatic heterocycles. The van der Waals surface area contributed by atoms with Crippen molar-refractivity contribution < 1.29 is 27.5 Å². The number of amidine groups is 1. The molecule has 1 heterocycles. The van der Waals surface area contributed by atoms with E-state index in [4.69, 9.17) is 0 Å². The van der Waals surface area contributed by atoms with Crippen molar-refractivity contribution in [1.82, 2.24) is 5.32 Å². The van der Waals surface area contributed by atoms with Crippen molar-refractivity contribution in [2.45, 2.75) is 0 Å². The molecule has 1 amide bonds. The lowest BCUT2D eigenvalue weighted by Crippen LogP contribution is -2.19. The number of esters is 1. The number of hydrogen-bond acceptors (Lipinski definition) is 6. The first-order chi connectivity index (χ1) is 10.9. The predicted molar refractivity (Wildman–Crippen MR) is 77.2 cm³/mol. The highest BCUT2D eigenvalue weighted by Gasteiger charge is 2.25. The number of nitrogens with one attached hydrogen (secondary N) is 1. The van der Waals surface area contributed by atoms with E-state index in [2.05, 4.69) is 20.3 Å². The standard InChI is InChI=1S/C13H8F3N3O3S/c1-22-11(20)4-10-12(21)18-13(23-10)19-17-5-6-2-8(15)9(16)3-7(6)14/h2-5H,1H3,(H,18,19,21)/b10-4+,17-5?. The van der Waals surface area contributed by atoms with Crippen LogP contribution in [0.2, 0.25) is 0 Å². The summed E-state index contributed by atoms with van der Waals surface area (Å²) in [6.45, 7) is 0. The maximum atomic E-state index is 13.4. The van der Waals surface area contributed by atoms with Crippen LogP contribution >= 0.6 is 11.8 Å². The number of thioether (sulfide) groups is 1. The lowest BCUT2D eigenvalue weighted by molar-refractivity contribution is -0.135. The molecule has 0 spiro atoms. The second kappa shape index (κ2) is 7.09. The van der Waals surface area contributed by atoms with Gasteiger partial charge in [-0.25, -0.2) is 18.0 Å².